The minimum Gasteiger partial charge on any atom is -0.462 e. The predicted molar refractivity (Wildman–Crippen MR) is 149 cm³/mol. The van der Waals surface area contributed by atoms with Crippen LogP contribution in [0.15, 0.2) is 42.6 Å². The average molecular weight is 532 g/mol. The number of likely N-dealkylation sites (N-methyl/N-ethyl adjacent to an activating group) is 1. The van der Waals surface area contributed by atoms with Crippen LogP contribution < -0.4 is 9.64 Å². The Balaban J connectivity index is 1.36. The van der Waals surface area contributed by atoms with Crippen molar-refractivity contribution in [2.24, 2.45) is 11.8 Å². The van der Waals surface area contributed by atoms with E-state index >= 15 is 4.39 Å². The highest BCUT2D eigenvalue weighted by molar-refractivity contribution is 6.36. The molecule has 3 atom stereocenters. The van der Waals surface area contributed by atoms with Crippen LogP contribution in [-0.4, -0.2) is 59.2 Å². The molecule has 196 valence electrons. The lowest BCUT2D eigenvalue weighted by Crippen LogP contribution is -2.37. The second kappa shape index (κ2) is 9.62. The number of ether oxygens (including phenoxy) is 1. The van der Waals surface area contributed by atoms with E-state index in [9.17, 15) is 0 Å². The van der Waals surface area contributed by atoms with Gasteiger partial charge in [0.15, 0.2) is 5.82 Å². The maximum absolute atomic E-state index is 16.4. The van der Waals surface area contributed by atoms with Crippen molar-refractivity contribution in [1.29, 1.82) is 0 Å². The van der Waals surface area contributed by atoms with Crippen LogP contribution in [0.2, 0.25) is 5.02 Å². The Morgan fingerprint density at radius 2 is 1.84 bits per heavy atom. The molecular weight excluding hydrogens is 501 g/mol. The molecule has 0 N–H and O–H groups in total. The highest BCUT2D eigenvalue weighted by Gasteiger charge is 2.35. The first-order valence-electron chi connectivity index (χ1n) is 13.7. The number of piperidine rings is 1. The summed E-state index contributed by atoms with van der Waals surface area (Å²) in [7, 11) is 2.12. The molecule has 2 aliphatic heterocycles. The third kappa shape index (κ3) is 4.16. The molecule has 2 saturated heterocycles. The highest BCUT2D eigenvalue weighted by Crippen LogP contribution is 2.41. The Morgan fingerprint density at radius 3 is 2.61 bits per heavy atom. The second-order valence-corrected chi connectivity index (χ2v) is 11.6. The van der Waals surface area contributed by atoms with E-state index in [1.165, 1.54) is 19.3 Å². The first-order chi connectivity index (χ1) is 18.5. The van der Waals surface area contributed by atoms with E-state index in [0.29, 0.717) is 40.5 Å². The smallest absolute Gasteiger partial charge is 0.319 e. The maximum Gasteiger partial charge on any atom is 0.319 e. The van der Waals surface area contributed by atoms with Crippen LogP contribution in [0.3, 0.4) is 0 Å². The topological polar surface area (TPSA) is 54.4 Å². The fraction of sp³-hybridized carbons (Fsp3) is 0.433. The van der Waals surface area contributed by atoms with Gasteiger partial charge in [-0.3, -0.25) is 4.98 Å². The second-order valence-electron chi connectivity index (χ2n) is 11.2. The minimum absolute atomic E-state index is 0.234. The summed E-state index contributed by atoms with van der Waals surface area (Å²) < 4.78 is 22.6. The first-order valence-corrected chi connectivity index (χ1v) is 14.0. The molecule has 0 amide bonds. The van der Waals surface area contributed by atoms with E-state index in [1.54, 1.807) is 6.20 Å². The van der Waals surface area contributed by atoms with Gasteiger partial charge >= 0.3 is 6.01 Å². The standard InChI is InChI=1S/C30H31ClFN5O/c1-36-12-4-7-21(36)17-38-30-34-28-23(29(35-30)37-15-18-10-11-19(13-18)16-37)14-33-27(26(28)32)22-8-2-5-20-6-3-9-24(31)25(20)22/h2-3,5-6,8-9,14,18-19,21H,4,7,10-13,15-17H2,1H3/t18?,19?,21-/m0/s1. The summed E-state index contributed by atoms with van der Waals surface area (Å²) in [6, 6.07) is 12.0. The van der Waals surface area contributed by atoms with Gasteiger partial charge in [0.25, 0.3) is 0 Å². The van der Waals surface area contributed by atoms with Crippen LogP contribution >= 0.6 is 11.6 Å². The first kappa shape index (κ1) is 24.0. The lowest BCUT2D eigenvalue weighted by molar-refractivity contribution is 0.188. The summed E-state index contributed by atoms with van der Waals surface area (Å²) >= 11 is 6.58. The number of benzene rings is 2. The normalized spacial score (nSPS) is 23.6. The van der Waals surface area contributed by atoms with Crippen molar-refractivity contribution in [1.82, 2.24) is 19.9 Å². The van der Waals surface area contributed by atoms with E-state index < -0.39 is 5.82 Å². The van der Waals surface area contributed by atoms with Gasteiger partial charge in [0.2, 0.25) is 0 Å². The van der Waals surface area contributed by atoms with Crippen LogP contribution in [0.1, 0.15) is 32.1 Å². The molecule has 4 heterocycles. The number of pyridine rings is 1. The van der Waals surface area contributed by atoms with Gasteiger partial charge in [-0.2, -0.15) is 9.97 Å². The van der Waals surface area contributed by atoms with Crippen LogP contribution in [0.5, 0.6) is 6.01 Å². The van der Waals surface area contributed by atoms with Crippen molar-refractivity contribution in [3.63, 3.8) is 0 Å². The molecule has 2 aromatic heterocycles. The van der Waals surface area contributed by atoms with E-state index in [2.05, 4.69) is 26.8 Å². The molecule has 4 aromatic rings. The van der Waals surface area contributed by atoms with Crippen molar-refractivity contribution < 1.29 is 9.13 Å². The van der Waals surface area contributed by atoms with Crippen molar-refractivity contribution in [3.8, 4) is 17.3 Å². The number of hydrogen-bond acceptors (Lipinski definition) is 6. The third-order valence-corrected chi connectivity index (χ3v) is 9.05. The lowest BCUT2D eigenvalue weighted by atomic mass is 9.98. The van der Waals surface area contributed by atoms with E-state index in [1.807, 2.05) is 36.4 Å². The summed E-state index contributed by atoms with van der Waals surface area (Å²) in [6.45, 7) is 3.41. The zero-order valence-corrected chi connectivity index (χ0v) is 22.3. The van der Waals surface area contributed by atoms with Crippen LogP contribution in [-0.2, 0) is 0 Å². The molecule has 0 spiro atoms. The molecule has 3 aliphatic rings. The molecule has 7 rings (SSSR count). The summed E-state index contributed by atoms with van der Waals surface area (Å²) in [5.74, 6) is 1.58. The Kier molecular flexibility index (Phi) is 6.08. The molecule has 3 fully saturated rings. The molecule has 8 heteroatoms. The number of halogens is 2. The lowest BCUT2D eigenvalue weighted by Gasteiger charge is -2.33. The SMILES string of the molecule is CN1CCC[C@H]1COc1nc(N2CC3CCC(C3)C2)c2cnc(-c3cccc4cccc(Cl)c34)c(F)c2n1. The molecule has 38 heavy (non-hydrogen) atoms. The van der Waals surface area contributed by atoms with Crippen molar-refractivity contribution in [3.05, 3.63) is 53.4 Å². The van der Waals surface area contributed by atoms with Gasteiger partial charge < -0.3 is 14.5 Å². The van der Waals surface area contributed by atoms with Crippen molar-refractivity contribution >= 4 is 39.1 Å². The Morgan fingerprint density at radius 1 is 1.05 bits per heavy atom. The summed E-state index contributed by atoms with van der Waals surface area (Å²) in [5, 5.41) is 2.92. The van der Waals surface area contributed by atoms with Gasteiger partial charge in [-0.1, -0.05) is 41.9 Å². The zero-order valence-electron chi connectivity index (χ0n) is 21.5. The van der Waals surface area contributed by atoms with Gasteiger partial charge in [0, 0.05) is 41.3 Å². The van der Waals surface area contributed by atoms with E-state index in [0.717, 1.165) is 49.1 Å². The quantitative estimate of drug-likeness (QED) is 0.299. The molecule has 0 radical (unpaired) electrons. The monoisotopic (exact) mass is 531 g/mol. The minimum atomic E-state index is -0.471. The average Bonchev–Trinajstić information content (AvgIpc) is 3.50. The van der Waals surface area contributed by atoms with Gasteiger partial charge in [-0.15, -0.1) is 0 Å². The van der Waals surface area contributed by atoms with E-state index in [-0.39, 0.29) is 17.2 Å². The third-order valence-electron chi connectivity index (χ3n) is 8.74. The fourth-order valence-electron chi connectivity index (χ4n) is 6.75. The number of aromatic nitrogens is 3. The molecule has 2 unspecified atom stereocenters. The van der Waals surface area contributed by atoms with Gasteiger partial charge in [-0.25, -0.2) is 4.39 Å². The number of nitrogens with zero attached hydrogens (tertiary/aromatic N) is 5. The maximum atomic E-state index is 16.4. The molecule has 2 aromatic carbocycles. The number of rotatable bonds is 5. The number of likely N-dealkylation sites (tertiary alicyclic amines) is 1. The number of hydrogen-bond donors (Lipinski definition) is 0. The largest absolute Gasteiger partial charge is 0.462 e. The van der Waals surface area contributed by atoms with Crippen molar-refractivity contribution in [2.75, 3.05) is 38.2 Å². The fourth-order valence-corrected chi connectivity index (χ4v) is 7.03. The summed E-state index contributed by atoms with van der Waals surface area (Å²) in [5.41, 5.74) is 1.14. The summed E-state index contributed by atoms with van der Waals surface area (Å²) in [6.07, 6.45) is 7.73. The Labute approximate surface area is 226 Å². The Hall–Kier alpha value is -3.03. The van der Waals surface area contributed by atoms with Crippen LogP contribution in [0.4, 0.5) is 10.2 Å². The molecule has 6 nitrogen and oxygen atoms in total. The summed E-state index contributed by atoms with van der Waals surface area (Å²) in [4.78, 5) is 18.7. The molecule has 1 saturated carbocycles. The number of anilines is 1. The molecule has 1 aliphatic carbocycles. The zero-order chi connectivity index (χ0) is 25.8. The molecular formula is C30H31ClFN5O. The van der Waals surface area contributed by atoms with Crippen LogP contribution in [0.25, 0.3) is 32.9 Å². The van der Waals surface area contributed by atoms with Gasteiger partial charge in [-0.05, 0) is 69.0 Å². The number of fused-ring (bicyclic) bond motifs is 4. The Bertz CT molecular complexity index is 1510. The van der Waals surface area contributed by atoms with Crippen molar-refractivity contribution in [2.45, 2.75) is 38.1 Å². The predicted octanol–water partition coefficient (Wildman–Crippen LogP) is 6.35. The van der Waals surface area contributed by atoms with Gasteiger partial charge in [0.1, 0.15) is 23.6 Å². The molecule has 2 bridgehead atoms. The van der Waals surface area contributed by atoms with Gasteiger partial charge in [0.05, 0.1) is 5.39 Å². The highest BCUT2D eigenvalue weighted by atomic mass is 35.5. The van der Waals surface area contributed by atoms with Crippen LogP contribution in [0, 0.1) is 17.7 Å². The van der Waals surface area contributed by atoms with E-state index in [4.69, 9.17) is 21.3 Å².